The molecule has 1 fully saturated rings. The summed E-state index contributed by atoms with van der Waals surface area (Å²) >= 11 is 0. The van der Waals surface area contributed by atoms with Gasteiger partial charge in [-0.15, -0.1) is 0 Å². The van der Waals surface area contributed by atoms with E-state index < -0.39 is 0 Å². The lowest BCUT2D eigenvalue weighted by molar-refractivity contribution is -0.137. The van der Waals surface area contributed by atoms with Gasteiger partial charge in [0.25, 0.3) is 0 Å². The van der Waals surface area contributed by atoms with E-state index in [1.807, 2.05) is 11.1 Å². The number of amides is 1. The predicted molar refractivity (Wildman–Crippen MR) is 62.9 cm³/mol. The van der Waals surface area contributed by atoms with Crippen molar-refractivity contribution < 1.29 is 4.79 Å². The Labute approximate surface area is 101 Å². The quantitative estimate of drug-likeness (QED) is 0.741. The maximum atomic E-state index is 12.3. The molecule has 4 heteroatoms. The second kappa shape index (κ2) is 4.43. The zero-order valence-corrected chi connectivity index (χ0v) is 9.93. The summed E-state index contributed by atoms with van der Waals surface area (Å²) in [4.78, 5) is 22.5. The second-order valence-corrected chi connectivity index (χ2v) is 5.02. The highest BCUT2D eigenvalue weighted by Crippen LogP contribution is 2.28. The van der Waals surface area contributed by atoms with Crippen molar-refractivity contribution in [1.82, 2.24) is 14.9 Å². The molecule has 2 heterocycles. The Balaban J connectivity index is 1.69. The highest BCUT2D eigenvalue weighted by Gasteiger charge is 2.30. The molecule has 17 heavy (non-hydrogen) atoms. The molecule has 0 bridgehead atoms. The minimum atomic E-state index is 0.256. The van der Waals surface area contributed by atoms with Crippen molar-refractivity contribution in [2.24, 2.45) is 5.92 Å². The van der Waals surface area contributed by atoms with Crippen LogP contribution in [0.15, 0.2) is 12.5 Å². The first kappa shape index (κ1) is 10.7. The number of carbonyl (C=O) groups is 1. The monoisotopic (exact) mass is 231 g/mol. The van der Waals surface area contributed by atoms with E-state index in [2.05, 4.69) is 9.97 Å². The van der Waals surface area contributed by atoms with E-state index in [1.165, 1.54) is 19.3 Å². The van der Waals surface area contributed by atoms with Crippen molar-refractivity contribution in [1.29, 1.82) is 0 Å². The Bertz CT molecular complexity index is 401. The van der Waals surface area contributed by atoms with Gasteiger partial charge in [0.05, 0.1) is 12.2 Å². The molecule has 0 atom stereocenters. The average molecular weight is 231 g/mol. The van der Waals surface area contributed by atoms with Gasteiger partial charge in [0.15, 0.2) is 0 Å². The summed E-state index contributed by atoms with van der Waals surface area (Å²) in [6.07, 6.45) is 9.22. The molecule has 90 valence electrons. The van der Waals surface area contributed by atoms with E-state index in [4.69, 9.17) is 0 Å². The van der Waals surface area contributed by atoms with Gasteiger partial charge in [0, 0.05) is 24.2 Å². The van der Waals surface area contributed by atoms with Crippen LogP contribution in [-0.2, 0) is 17.9 Å². The van der Waals surface area contributed by atoms with Crippen molar-refractivity contribution in [3.8, 4) is 0 Å². The number of rotatable bonds is 1. The van der Waals surface area contributed by atoms with Gasteiger partial charge in [0.2, 0.25) is 5.91 Å². The molecule has 1 aliphatic carbocycles. The number of aromatic nitrogens is 2. The van der Waals surface area contributed by atoms with Crippen molar-refractivity contribution in [3.63, 3.8) is 0 Å². The molecule has 1 aliphatic heterocycles. The third kappa shape index (κ3) is 2.04. The van der Waals surface area contributed by atoms with Crippen LogP contribution in [-0.4, -0.2) is 20.8 Å². The molecule has 0 N–H and O–H groups in total. The molecule has 1 aromatic heterocycles. The van der Waals surface area contributed by atoms with Crippen LogP contribution in [0.5, 0.6) is 0 Å². The fraction of sp³-hybridized carbons (Fsp3) is 0.615. The van der Waals surface area contributed by atoms with Crippen LogP contribution in [0, 0.1) is 5.92 Å². The van der Waals surface area contributed by atoms with Gasteiger partial charge in [-0.3, -0.25) is 4.79 Å². The van der Waals surface area contributed by atoms with Gasteiger partial charge in [-0.25, -0.2) is 9.97 Å². The summed E-state index contributed by atoms with van der Waals surface area (Å²) < 4.78 is 0. The van der Waals surface area contributed by atoms with Crippen LogP contribution in [0.2, 0.25) is 0 Å². The van der Waals surface area contributed by atoms with Crippen molar-refractivity contribution in [2.75, 3.05) is 0 Å². The van der Waals surface area contributed by atoms with Crippen LogP contribution in [0.3, 0.4) is 0 Å². The van der Waals surface area contributed by atoms with Gasteiger partial charge >= 0.3 is 0 Å². The van der Waals surface area contributed by atoms with E-state index in [0.717, 1.165) is 24.1 Å². The fourth-order valence-electron chi connectivity index (χ4n) is 2.86. The molecular weight excluding hydrogens is 214 g/mol. The Hall–Kier alpha value is -1.45. The maximum Gasteiger partial charge on any atom is 0.226 e. The van der Waals surface area contributed by atoms with Crippen LogP contribution < -0.4 is 0 Å². The molecule has 1 aromatic rings. The van der Waals surface area contributed by atoms with Crippen molar-refractivity contribution >= 4 is 5.91 Å². The first-order valence-corrected chi connectivity index (χ1v) is 6.41. The number of carbonyl (C=O) groups excluding carboxylic acids is 1. The number of fused-ring (bicyclic) bond motifs is 1. The van der Waals surface area contributed by atoms with E-state index in [1.54, 1.807) is 6.33 Å². The summed E-state index contributed by atoms with van der Waals surface area (Å²) in [7, 11) is 0. The number of hydrogen-bond donors (Lipinski definition) is 0. The summed E-state index contributed by atoms with van der Waals surface area (Å²) in [6, 6.07) is 0. The van der Waals surface area contributed by atoms with E-state index in [9.17, 15) is 4.79 Å². The SMILES string of the molecule is O=C(C1CCCCC1)N1Cc2cncnc2C1. The van der Waals surface area contributed by atoms with Gasteiger partial charge in [-0.05, 0) is 12.8 Å². The minimum Gasteiger partial charge on any atom is -0.332 e. The molecule has 2 aliphatic rings. The first-order valence-electron chi connectivity index (χ1n) is 6.41. The third-order valence-electron chi connectivity index (χ3n) is 3.85. The average Bonchev–Trinajstić information content (AvgIpc) is 2.82. The van der Waals surface area contributed by atoms with Crippen molar-refractivity contribution in [2.45, 2.75) is 45.2 Å². The predicted octanol–water partition coefficient (Wildman–Crippen LogP) is 1.90. The highest BCUT2D eigenvalue weighted by molar-refractivity contribution is 5.79. The Kier molecular flexibility index (Phi) is 2.79. The molecule has 1 saturated carbocycles. The smallest absolute Gasteiger partial charge is 0.226 e. The summed E-state index contributed by atoms with van der Waals surface area (Å²) in [5, 5.41) is 0. The molecule has 1 amide bonds. The molecule has 0 unspecified atom stereocenters. The van der Waals surface area contributed by atoms with Crippen LogP contribution in [0.25, 0.3) is 0 Å². The van der Waals surface area contributed by atoms with Gasteiger partial charge in [-0.1, -0.05) is 19.3 Å². The highest BCUT2D eigenvalue weighted by atomic mass is 16.2. The molecular formula is C13H17N3O. The summed E-state index contributed by atoms with van der Waals surface area (Å²) in [5.41, 5.74) is 2.13. The first-order chi connectivity index (χ1) is 8.34. The lowest BCUT2D eigenvalue weighted by Crippen LogP contribution is -2.33. The molecule has 3 rings (SSSR count). The maximum absolute atomic E-state index is 12.3. The van der Waals surface area contributed by atoms with Gasteiger partial charge in [0.1, 0.15) is 6.33 Å². The largest absolute Gasteiger partial charge is 0.332 e. The van der Waals surface area contributed by atoms with Crippen molar-refractivity contribution in [3.05, 3.63) is 23.8 Å². The molecule has 0 spiro atoms. The van der Waals surface area contributed by atoms with E-state index in [-0.39, 0.29) is 5.92 Å². The third-order valence-corrected chi connectivity index (χ3v) is 3.85. The second-order valence-electron chi connectivity index (χ2n) is 5.02. The van der Waals surface area contributed by atoms with Gasteiger partial charge in [-0.2, -0.15) is 0 Å². The number of nitrogens with zero attached hydrogens (tertiary/aromatic N) is 3. The van der Waals surface area contributed by atoms with E-state index >= 15 is 0 Å². The van der Waals surface area contributed by atoms with Crippen LogP contribution in [0.1, 0.15) is 43.4 Å². The Morgan fingerprint density at radius 2 is 2.06 bits per heavy atom. The topological polar surface area (TPSA) is 46.1 Å². The summed E-state index contributed by atoms with van der Waals surface area (Å²) in [5.74, 6) is 0.578. The lowest BCUT2D eigenvalue weighted by atomic mass is 9.88. The lowest BCUT2D eigenvalue weighted by Gasteiger charge is -2.25. The molecule has 0 saturated heterocycles. The Morgan fingerprint density at radius 1 is 1.24 bits per heavy atom. The minimum absolute atomic E-state index is 0.256. The zero-order chi connectivity index (χ0) is 11.7. The van der Waals surface area contributed by atoms with Gasteiger partial charge < -0.3 is 4.90 Å². The molecule has 4 nitrogen and oxygen atoms in total. The van der Waals surface area contributed by atoms with E-state index in [0.29, 0.717) is 19.0 Å². The normalized spacial score (nSPS) is 20.4. The summed E-state index contributed by atoms with van der Waals surface area (Å²) in [6.45, 7) is 1.37. The van der Waals surface area contributed by atoms with Crippen LogP contribution in [0.4, 0.5) is 0 Å². The molecule has 0 radical (unpaired) electrons. The fourth-order valence-corrected chi connectivity index (χ4v) is 2.86. The number of hydrogen-bond acceptors (Lipinski definition) is 3. The van der Waals surface area contributed by atoms with Crippen LogP contribution >= 0.6 is 0 Å². The standard InChI is InChI=1S/C13H17N3O/c17-13(10-4-2-1-3-5-10)16-7-11-6-14-9-15-12(11)8-16/h6,9-10H,1-5,7-8H2. The zero-order valence-electron chi connectivity index (χ0n) is 9.93. The molecule has 0 aromatic carbocycles. The Morgan fingerprint density at radius 3 is 2.82 bits per heavy atom.